The molecule has 1 rings (SSSR count). The van der Waals surface area contributed by atoms with Crippen LogP contribution in [0.15, 0.2) is 12.1 Å². The number of benzene rings is 1. The summed E-state index contributed by atoms with van der Waals surface area (Å²) in [6.07, 6.45) is -0.0880. The zero-order chi connectivity index (χ0) is 10.7. The Bertz CT molecular complexity index is 361. The first-order valence-electron chi connectivity index (χ1n) is 4.06. The molecule has 0 N–H and O–H groups in total. The Hall–Kier alpha value is -1.45. The molecule has 0 amide bonds. The van der Waals surface area contributed by atoms with Gasteiger partial charge < -0.3 is 4.74 Å². The highest BCUT2D eigenvalue weighted by Gasteiger charge is 2.13. The van der Waals surface area contributed by atoms with E-state index >= 15 is 0 Å². The normalized spacial score (nSPS) is 10.0. The Morgan fingerprint density at radius 2 is 2.07 bits per heavy atom. The van der Waals surface area contributed by atoms with Crippen molar-refractivity contribution in [2.45, 2.75) is 13.3 Å². The lowest BCUT2D eigenvalue weighted by Crippen LogP contribution is -2.03. The summed E-state index contributed by atoms with van der Waals surface area (Å²) in [5.74, 6) is -1.60. The van der Waals surface area contributed by atoms with Crippen molar-refractivity contribution in [1.29, 1.82) is 0 Å². The lowest BCUT2D eigenvalue weighted by atomic mass is 10.1. The van der Waals surface area contributed by atoms with Gasteiger partial charge in [0.15, 0.2) is 0 Å². The van der Waals surface area contributed by atoms with Crippen molar-refractivity contribution in [2.24, 2.45) is 0 Å². The van der Waals surface area contributed by atoms with Gasteiger partial charge >= 0.3 is 0 Å². The number of hydrogen-bond donors (Lipinski definition) is 0. The Labute approximate surface area is 80.5 Å². The van der Waals surface area contributed by atoms with Crippen molar-refractivity contribution < 1.29 is 18.3 Å². The van der Waals surface area contributed by atoms with E-state index in [2.05, 4.69) is 0 Å². The Balaban J connectivity index is 3.18. The molecule has 2 nitrogen and oxygen atoms in total. The number of halogens is 2. The molecule has 0 aliphatic carbocycles. The van der Waals surface area contributed by atoms with Gasteiger partial charge in [0, 0.05) is 24.1 Å². The summed E-state index contributed by atoms with van der Waals surface area (Å²) in [4.78, 5) is 10.8. The molecule has 0 fully saturated rings. The second-order valence-electron chi connectivity index (χ2n) is 2.95. The molecule has 1 aromatic rings. The van der Waals surface area contributed by atoms with Crippen LogP contribution in [0.1, 0.15) is 12.5 Å². The maximum absolute atomic E-state index is 13.2. The standard InChI is InChI=1S/C10H10F2O2/c1-6(13)3-8-9(12)4-7(11)5-10(8)14-2/h4-5H,3H2,1-2H3. The molecule has 0 heterocycles. The van der Waals surface area contributed by atoms with Crippen molar-refractivity contribution in [1.82, 2.24) is 0 Å². The Morgan fingerprint density at radius 3 is 2.57 bits per heavy atom. The van der Waals surface area contributed by atoms with Crippen LogP contribution in [0.4, 0.5) is 8.78 Å². The number of methoxy groups -OCH3 is 1. The molecule has 1 aromatic carbocycles. The number of rotatable bonds is 3. The van der Waals surface area contributed by atoms with Gasteiger partial charge in [-0.15, -0.1) is 0 Å². The van der Waals surface area contributed by atoms with Crippen LogP contribution in [-0.4, -0.2) is 12.9 Å². The van der Waals surface area contributed by atoms with Crippen molar-refractivity contribution in [3.63, 3.8) is 0 Å². The third kappa shape index (κ3) is 2.28. The van der Waals surface area contributed by atoms with Crippen molar-refractivity contribution >= 4 is 5.78 Å². The average Bonchev–Trinajstić information content (AvgIpc) is 2.08. The van der Waals surface area contributed by atoms with Gasteiger partial charge in [0.2, 0.25) is 0 Å². The number of Topliss-reactive ketones (excluding diaryl/α,β-unsaturated/α-hetero) is 1. The fourth-order valence-electron chi connectivity index (χ4n) is 1.18. The molecule has 4 heteroatoms. The molecule has 14 heavy (non-hydrogen) atoms. The van der Waals surface area contributed by atoms with Gasteiger partial charge in [0.05, 0.1) is 7.11 Å². The molecule has 0 aromatic heterocycles. The van der Waals surface area contributed by atoms with Crippen LogP contribution in [0, 0.1) is 11.6 Å². The summed E-state index contributed by atoms with van der Waals surface area (Å²) in [6, 6.07) is 1.79. The van der Waals surface area contributed by atoms with Crippen LogP contribution in [-0.2, 0) is 11.2 Å². The lowest BCUT2D eigenvalue weighted by molar-refractivity contribution is -0.116. The summed E-state index contributed by atoms with van der Waals surface area (Å²) in [5, 5.41) is 0. The van der Waals surface area contributed by atoms with Gasteiger partial charge in [-0.1, -0.05) is 0 Å². The van der Waals surface area contributed by atoms with Crippen molar-refractivity contribution in [2.75, 3.05) is 7.11 Å². The van der Waals surface area contributed by atoms with Crippen molar-refractivity contribution in [3.05, 3.63) is 29.3 Å². The van der Waals surface area contributed by atoms with Gasteiger partial charge in [0.1, 0.15) is 23.2 Å². The van der Waals surface area contributed by atoms with E-state index in [0.29, 0.717) is 0 Å². The minimum Gasteiger partial charge on any atom is -0.496 e. The molecule has 0 atom stereocenters. The number of carbonyl (C=O) groups is 1. The molecule has 0 bridgehead atoms. The number of hydrogen-bond acceptors (Lipinski definition) is 2. The fourth-order valence-corrected chi connectivity index (χ4v) is 1.18. The van der Waals surface area contributed by atoms with Gasteiger partial charge in [0.25, 0.3) is 0 Å². The fraction of sp³-hybridized carbons (Fsp3) is 0.300. The zero-order valence-corrected chi connectivity index (χ0v) is 7.93. The second-order valence-corrected chi connectivity index (χ2v) is 2.95. The summed E-state index contributed by atoms with van der Waals surface area (Å²) in [5.41, 5.74) is 0.0985. The summed E-state index contributed by atoms with van der Waals surface area (Å²) < 4.78 is 30.7. The van der Waals surface area contributed by atoms with Crippen LogP contribution in [0.25, 0.3) is 0 Å². The van der Waals surface area contributed by atoms with Crippen LogP contribution >= 0.6 is 0 Å². The minimum atomic E-state index is -0.753. The van der Waals surface area contributed by atoms with Gasteiger partial charge in [-0.2, -0.15) is 0 Å². The van der Waals surface area contributed by atoms with Crippen LogP contribution in [0.3, 0.4) is 0 Å². The highest BCUT2D eigenvalue weighted by atomic mass is 19.1. The Morgan fingerprint density at radius 1 is 1.43 bits per heavy atom. The molecule has 0 aliphatic rings. The van der Waals surface area contributed by atoms with E-state index < -0.39 is 11.6 Å². The molecular weight excluding hydrogens is 190 g/mol. The van der Waals surface area contributed by atoms with Gasteiger partial charge in [-0.25, -0.2) is 8.78 Å². The molecule has 0 saturated heterocycles. The van der Waals surface area contributed by atoms with E-state index in [1.807, 2.05) is 0 Å². The van der Waals surface area contributed by atoms with Crippen molar-refractivity contribution in [3.8, 4) is 5.75 Å². The average molecular weight is 200 g/mol. The first-order valence-corrected chi connectivity index (χ1v) is 4.06. The summed E-state index contributed by atoms with van der Waals surface area (Å²) in [7, 11) is 1.30. The quantitative estimate of drug-likeness (QED) is 0.746. The summed E-state index contributed by atoms with van der Waals surface area (Å²) >= 11 is 0. The van der Waals surface area contributed by atoms with Crippen LogP contribution < -0.4 is 4.74 Å². The largest absolute Gasteiger partial charge is 0.496 e. The van der Waals surface area contributed by atoms with E-state index in [1.54, 1.807) is 0 Å². The summed E-state index contributed by atoms with van der Waals surface area (Å²) in [6.45, 7) is 1.34. The monoisotopic (exact) mass is 200 g/mol. The third-order valence-corrected chi connectivity index (χ3v) is 1.76. The van der Waals surface area contributed by atoms with E-state index in [-0.39, 0.29) is 23.5 Å². The number of carbonyl (C=O) groups excluding carboxylic acids is 1. The first kappa shape index (κ1) is 10.6. The van der Waals surface area contributed by atoms with Gasteiger partial charge in [-0.05, 0) is 6.92 Å². The SMILES string of the molecule is COc1cc(F)cc(F)c1CC(C)=O. The van der Waals surface area contributed by atoms with E-state index in [1.165, 1.54) is 14.0 Å². The number of ether oxygens (including phenoxy) is 1. The van der Waals surface area contributed by atoms with Crippen LogP contribution in [0.5, 0.6) is 5.75 Å². The highest BCUT2D eigenvalue weighted by Crippen LogP contribution is 2.23. The maximum atomic E-state index is 13.2. The molecular formula is C10H10F2O2. The second kappa shape index (κ2) is 4.17. The van der Waals surface area contributed by atoms with E-state index in [0.717, 1.165) is 12.1 Å². The number of ketones is 1. The Kier molecular flexibility index (Phi) is 3.17. The first-order chi connectivity index (χ1) is 6.54. The molecule has 0 saturated carbocycles. The highest BCUT2D eigenvalue weighted by molar-refractivity contribution is 5.79. The smallest absolute Gasteiger partial charge is 0.134 e. The predicted molar refractivity (Wildman–Crippen MR) is 47.3 cm³/mol. The third-order valence-electron chi connectivity index (χ3n) is 1.76. The molecule has 76 valence electrons. The maximum Gasteiger partial charge on any atom is 0.134 e. The molecule has 0 radical (unpaired) electrons. The minimum absolute atomic E-state index is 0.0673. The van der Waals surface area contributed by atoms with E-state index in [9.17, 15) is 13.6 Å². The van der Waals surface area contributed by atoms with E-state index in [4.69, 9.17) is 4.74 Å². The van der Waals surface area contributed by atoms with Crippen LogP contribution in [0.2, 0.25) is 0 Å². The zero-order valence-electron chi connectivity index (χ0n) is 7.93. The predicted octanol–water partition coefficient (Wildman–Crippen LogP) is 2.10. The lowest BCUT2D eigenvalue weighted by Gasteiger charge is -2.07. The molecule has 0 aliphatic heterocycles. The topological polar surface area (TPSA) is 26.3 Å². The van der Waals surface area contributed by atoms with Gasteiger partial charge in [-0.3, -0.25) is 4.79 Å². The molecule has 0 spiro atoms. The molecule has 0 unspecified atom stereocenters.